The molecule has 35 heavy (non-hydrogen) atoms. The number of carbonyl (C=O) groups is 1. The first-order valence-electron chi connectivity index (χ1n) is 10.8. The van der Waals surface area contributed by atoms with Crippen LogP contribution >= 0.6 is 0 Å². The number of aromatic hydroxyl groups is 1. The van der Waals surface area contributed by atoms with Gasteiger partial charge in [-0.3, -0.25) is 4.79 Å². The number of hydrogen-bond donors (Lipinski definition) is 10. The lowest BCUT2D eigenvalue weighted by atomic mass is 9.93. The molecule has 0 aliphatic carbocycles. The van der Waals surface area contributed by atoms with Crippen LogP contribution in [0.3, 0.4) is 0 Å². The summed E-state index contributed by atoms with van der Waals surface area (Å²) in [5.41, 5.74) is 1.99. The largest absolute Gasteiger partial charge is 0.507 e. The van der Waals surface area contributed by atoms with Crippen LogP contribution in [-0.4, -0.2) is 133 Å². The standard InChI is InChI=1S/C21H32N2O12/c24-6-14(28)11(8-34-9-16-19(31)20(32)18(30)15(7-25)35-16)17(29)13(27)5-22-23-21(33)10-3-1-2-4-12(10)26/h1-5,11,13-20,24-32H,6-9H2,(H,23,33)/b22-5-/t11-,13+,14+,15-,16+,17-,18+,19+,20+/m1/s1. The molecule has 0 bridgehead atoms. The van der Waals surface area contributed by atoms with Gasteiger partial charge in [0.15, 0.2) is 0 Å². The van der Waals surface area contributed by atoms with E-state index in [4.69, 9.17) is 9.47 Å². The monoisotopic (exact) mass is 504 g/mol. The average molecular weight is 504 g/mol. The number of ether oxygens (including phenoxy) is 2. The summed E-state index contributed by atoms with van der Waals surface area (Å²) in [6.07, 6.45) is -11.2. The van der Waals surface area contributed by atoms with Gasteiger partial charge >= 0.3 is 0 Å². The molecule has 0 aromatic heterocycles. The predicted molar refractivity (Wildman–Crippen MR) is 117 cm³/mol. The van der Waals surface area contributed by atoms with E-state index in [9.17, 15) is 50.8 Å². The summed E-state index contributed by atoms with van der Waals surface area (Å²) >= 11 is 0. The molecule has 14 nitrogen and oxygen atoms in total. The molecule has 1 aliphatic heterocycles. The van der Waals surface area contributed by atoms with Crippen molar-refractivity contribution in [2.45, 2.75) is 48.8 Å². The third-order valence-corrected chi connectivity index (χ3v) is 5.60. The van der Waals surface area contributed by atoms with E-state index in [1.807, 2.05) is 0 Å². The van der Waals surface area contributed by atoms with Crippen LogP contribution in [0.25, 0.3) is 0 Å². The molecule has 14 heteroatoms. The molecular weight excluding hydrogens is 472 g/mol. The van der Waals surface area contributed by atoms with Crippen molar-refractivity contribution in [1.29, 1.82) is 0 Å². The highest BCUT2D eigenvalue weighted by Crippen LogP contribution is 2.22. The van der Waals surface area contributed by atoms with Gasteiger partial charge in [-0.15, -0.1) is 0 Å². The zero-order chi connectivity index (χ0) is 26.1. The Morgan fingerprint density at radius 1 is 1.09 bits per heavy atom. The minimum absolute atomic E-state index is 0.0742. The zero-order valence-corrected chi connectivity index (χ0v) is 18.6. The molecule has 2 rings (SSSR count). The number of carbonyl (C=O) groups excluding carboxylic acids is 1. The number of nitrogens with one attached hydrogen (secondary N) is 1. The van der Waals surface area contributed by atoms with Crippen molar-refractivity contribution in [2.24, 2.45) is 11.0 Å². The van der Waals surface area contributed by atoms with Gasteiger partial charge in [-0.25, -0.2) is 5.43 Å². The van der Waals surface area contributed by atoms with Gasteiger partial charge in [0.2, 0.25) is 0 Å². The highest BCUT2D eigenvalue weighted by atomic mass is 16.6. The molecule has 198 valence electrons. The van der Waals surface area contributed by atoms with Crippen molar-refractivity contribution in [2.75, 3.05) is 26.4 Å². The Balaban J connectivity index is 1.93. The maximum Gasteiger partial charge on any atom is 0.275 e. The summed E-state index contributed by atoms with van der Waals surface area (Å²) in [5, 5.41) is 92.0. The predicted octanol–water partition coefficient (Wildman–Crippen LogP) is -4.34. The Kier molecular flexibility index (Phi) is 11.4. The smallest absolute Gasteiger partial charge is 0.275 e. The van der Waals surface area contributed by atoms with Crippen molar-refractivity contribution in [3.8, 4) is 5.75 Å². The fraction of sp³-hybridized carbons (Fsp3) is 0.619. The van der Waals surface area contributed by atoms with Gasteiger partial charge in [-0.1, -0.05) is 12.1 Å². The van der Waals surface area contributed by atoms with Crippen LogP contribution in [0.2, 0.25) is 0 Å². The average Bonchev–Trinajstić information content (AvgIpc) is 2.85. The van der Waals surface area contributed by atoms with Crippen LogP contribution in [0.4, 0.5) is 0 Å². The first-order chi connectivity index (χ1) is 16.6. The maximum absolute atomic E-state index is 12.0. The minimum atomic E-state index is -1.72. The van der Waals surface area contributed by atoms with Crippen LogP contribution in [-0.2, 0) is 9.47 Å². The summed E-state index contributed by atoms with van der Waals surface area (Å²) in [6.45, 7) is -2.26. The van der Waals surface area contributed by atoms with E-state index >= 15 is 0 Å². The van der Waals surface area contributed by atoms with Crippen molar-refractivity contribution in [3.63, 3.8) is 0 Å². The second-order valence-electron chi connectivity index (χ2n) is 8.04. The topological polar surface area (TPSA) is 242 Å². The van der Waals surface area contributed by atoms with E-state index in [1.165, 1.54) is 24.3 Å². The summed E-state index contributed by atoms with van der Waals surface area (Å²) in [4.78, 5) is 12.0. The van der Waals surface area contributed by atoms with E-state index in [1.54, 1.807) is 0 Å². The highest BCUT2D eigenvalue weighted by molar-refractivity contribution is 5.96. The second-order valence-corrected chi connectivity index (χ2v) is 8.04. The molecule has 0 saturated carbocycles. The van der Waals surface area contributed by atoms with Crippen molar-refractivity contribution in [1.82, 2.24) is 5.43 Å². The molecule has 9 atom stereocenters. The van der Waals surface area contributed by atoms with E-state index in [0.29, 0.717) is 0 Å². The molecule has 1 aromatic carbocycles. The number of benzene rings is 1. The lowest BCUT2D eigenvalue weighted by molar-refractivity contribution is -0.240. The van der Waals surface area contributed by atoms with Crippen molar-refractivity contribution < 1.29 is 60.2 Å². The molecule has 1 saturated heterocycles. The van der Waals surface area contributed by atoms with Crippen molar-refractivity contribution in [3.05, 3.63) is 29.8 Å². The molecule has 1 heterocycles. The van der Waals surface area contributed by atoms with Gasteiger partial charge in [-0.2, -0.15) is 5.10 Å². The molecule has 0 radical (unpaired) electrons. The van der Waals surface area contributed by atoms with Crippen LogP contribution in [0.5, 0.6) is 5.75 Å². The number of aliphatic hydroxyl groups excluding tert-OH is 8. The number of amides is 1. The van der Waals surface area contributed by atoms with Crippen LogP contribution in [0, 0.1) is 5.92 Å². The number of nitrogens with zero attached hydrogens (tertiary/aromatic N) is 1. The Morgan fingerprint density at radius 3 is 2.37 bits per heavy atom. The number of phenolic OH excluding ortho intramolecular Hbond substituents is 1. The molecule has 1 aliphatic rings. The van der Waals surface area contributed by atoms with Gasteiger partial charge < -0.3 is 55.4 Å². The lowest BCUT2D eigenvalue weighted by Gasteiger charge is -2.40. The minimum Gasteiger partial charge on any atom is -0.507 e. The highest BCUT2D eigenvalue weighted by Gasteiger charge is 2.43. The second kappa shape index (κ2) is 13.7. The Bertz CT molecular complexity index is 825. The fourth-order valence-electron chi connectivity index (χ4n) is 3.45. The summed E-state index contributed by atoms with van der Waals surface area (Å²) < 4.78 is 10.6. The third-order valence-electron chi connectivity index (χ3n) is 5.60. The maximum atomic E-state index is 12.0. The van der Waals surface area contributed by atoms with Gasteiger partial charge in [0.05, 0.1) is 50.4 Å². The molecule has 1 aromatic rings. The molecular formula is C21H32N2O12. The summed E-state index contributed by atoms with van der Waals surface area (Å²) in [7, 11) is 0. The number of aliphatic hydroxyl groups is 8. The molecule has 0 spiro atoms. The zero-order valence-electron chi connectivity index (χ0n) is 18.6. The van der Waals surface area contributed by atoms with Crippen molar-refractivity contribution >= 4 is 12.1 Å². The first-order valence-corrected chi connectivity index (χ1v) is 10.8. The summed E-state index contributed by atoms with van der Waals surface area (Å²) in [6, 6.07) is 5.66. The van der Waals surface area contributed by atoms with Gasteiger partial charge in [0.25, 0.3) is 5.91 Å². The van der Waals surface area contributed by atoms with Crippen LogP contribution in [0.15, 0.2) is 29.4 Å². The van der Waals surface area contributed by atoms with Crippen LogP contribution in [0.1, 0.15) is 10.4 Å². The molecule has 10 N–H and O–H groups in total. The number of hydrogen-bond acceptors (Lipinski definition) is 13. The number of phenols is 1. The van der Waals surface area contributed by atoms with E-state index in [-0.39, 0.29) is 17.9 Å². The van der Waals surface area contributed by atoms with E-state index < -0.39 is 80.5 Å². The lowest BCUT2D eigenvalue weighted by Crippen LogP contribution is -2.59. The molecule has 1 amide bonds. The fourth-order valence-corrected chi connectivity index (χ4v) is 3.45. The Morgan fingerprint density at radius 2 is 1.74 bits per heavy atom. The quantitative estimate of drug-likeness (QED) is 0.0959. The number of rotatable bonds is 12. The van der Waals surface area contributed by atoms with E-state index in [2.05, 4.69) is 10.5 Å². The van der Waals surface area contributed by atoms with Gasteiger partial charge in [-0.05, 0) is 12.1 Å². The SMILES string of the molecule is O=C(N/N=C\[C@H](O)[C@H](O)[C@H](COC[C@@H]1O[C@H](CO)[C@H](O)[C@H](O)[C@H]1O)[C@@H](O)CO)c1ccccc1O. The van der Waals surface area contributed by atoms with Gasteiger partial charge in [0.1, 0.15) is 42.4 Å². The Labute approximate surface area is 200 Å². The first kappa shape index (κ1) is 29.0. The van der Waals surface area contributed by atoms with E-state index in [0.717, 1.165) is 6.21 Å². The third kappa shape index (κ3) is 7.62. The Hall–Kier alpha value is -2.24. The number of para-hydroxylation sites is 1. The summed E-state index contributed by atoms with van der Waals surface area (Å²) in [5.74, 6) is -2.33. The molecule has 1 fully saturated rings. The number of hydrazone groups is 1. The normalized spacial score (nSPS) is 28.4. The van der Waals surface area contributed by atoms with Crippen LogP contribution < -0.4 is 5.43 Å². The molecule has 0 unspecified atom stereocenters. The van der Waals surface area contributed by atoms with Gasteiger partial charge in [0, 0.05) is 5.92 Å².